The Hall–Kier alpha value is 0.160. The molecule has 0 aromatic rings. The number of rotatable bonds is 4. The predicted octanol–water partition coefficient (Wildman–Crippen LogP) is 0.971. The fraction of sp³-hybridized carbons (Fsp3) is 1.00. The molecule has 1 rings (SSSR count). The van der Waals surface area contributed by atoms with Crippen molar-refractivity contribution in [2.75, 3.05) is 19.7 Å². The van der Waals surface area contributed by atoms with Crippen molar-refractivity contribution < 1.29 is 13.2 Å². The smallest absolute Gasteiger partial charge is 0.299 e. The number of ether oxygens (including phenoxy) is 1. The quantitative estimate of drug-likeness (QED) is 0.673. The van der Waals surface area contributed by atoms with Crippen molar-refractivity contribution in [2.45, 2.75) is 25.9 Å². The summed E-state index contributed by atoms with van der Waals surface area (Å²) in [6, 6.07) is 0. The maximum atomic E-state index is 11.0. The van der Waals surface area contributed by atoms with Crippen LogP contribution in [-0.2, 0) is 14.0 Å². The number of nitrogens with zero attached hydrogens (tertiary/aromatic N) is 1. The molecule has 0 N–H and O–H groups in total. The average Bonchev–Trinajstić information content (AvgIpc) is 2.49. The molecule has 1 unspecified atom stereocenters. The van der Waals surface area contributed by atoms with Crippen molar-refractivity contribution >= 4 is 19.9 Å². The highest BCUT2D eigenvalue weighted by Gasteiger charge is 2.24. The van der Waals surface area contributed by atoms with Crippen LogP contribution in [0.5, 0.6) is 0 Å². The van der Waals surface area contributed by atoms with Gasteiger partial charge in [-0.05, 0) is 12.8 Å². The summed E-state index contributed by atoms with van der Waals surface area (Å²) in [7, 11) is 1.64. The predicted molar refractivity (Wildman–Crippen MR) is 51.0 cm³/mol. The lowest BCUT2D eigenvalue weighted by Crippen LogP contribution is -2.34. The number of halogens is 1. The van der Waals surface area contributed by atoms with Crippen molar-refractivity contribution in [3.05, 3.63) is 0 Å². The molecule has 0 aromatic heterocycles. The lowest BCUT2D eigenvalue weighted by Gasteiger charge is -2.19. The van der Waals surface area contributed by atoms with Crippen molar-refractivity contribution in [2.24, 2.45) is 0 Å². The maximum absolute atomic E-state index is 11.0. The lowest BCUT2D eigenvalue weighted by molar-refractivity contribution is 0.0951. The second-order valence-electron chi connectivity index (χ2n) is 3.03. The molecule has 0 amide bonds. The molecular weight excluding hydrogens is 214 g/mol. The Bertz CT molecular complexity index is 248. The fourth-order valence-electron chi connectivity index (χ4n) is 1.39. The number of likely N-dealkylation sites (N-methyl/N-ethyl adjacent to an activating group) is 1. The van der Waals surface area contributed by atoms with Gasteiger partial charge in [-0.2, -0.15) is 12.7 Å². The summed E-state index contributed by atoms with van der Waals surface area (Å²) in [6.45, 7) is 3.26. The van der Waals surface area contributed by atoms with Gasteiger partial charge in [0, 0.05) is 30.4 Å². The first-order chi connectivity index (χ1) is 6.04. The van der Waals surface area contributed by atoms with Gasteiger partial charge in [-0.1, -0.05) is 6.92 Å². The second kappa shape index (κ2) is 4.59. The Balaban J connectivity index is 2.48. The summed E-state index contributed by atoms with van der Waals surface area (Å²) in [5.74, 6) is 0. The summed E-state index contributed by atoms with van der Waals surface area (Å²) in [6.07, 6.45) is 1.95. The van der Waals surface area contributed by atoms with Crippen LogP contribution < -0.4 is 0 Å². The van der Waals surface area contributed by atoms with E-state index in [0.717, 1.165) is 19.4 Å². The van der Waals surface area contributed by atoms with Gasteiger partial charge in [0.25, 0.3) is 9.24 Å². The molecule has 1 fully saturated rings. The van der Waals surface area contributed by atoms with E-state index in [9.17, 15) is 8.42 Å². The lowest BCUT2D eigenvalue weighted by atomic mass is 10.2. The highest BCUT2D eigenvalue weighted by molar-refractivity contribution is 8.11. The molecule has 0 spiro atoms. The van der Waals surface area contributed by atoms with Crippen LogP contribution in [0.3, 0.4) is 0 Å². The van der Waals surface area contributed by atoms with Gasteiger partial charge in [-0.15, -0.1) is 0 Å². The zero-order valence-corrected chi connectivity index (χ0v) is 9.14. The Morgan fingerprint density at radius 1 is 1.62 bits per heavy atom. The van der Waals surface area contributed by atoms with E-state index < -0.39 is 9.24 Å². The number of hydrogen-bond donors (Lipinski definition) is 0. The van der Waals surface area contributed by atoms with E-state index in [1.807, 2.05) is 0 Å². The zero-order valence-electron chi connectivity index (χ0n) is 7.57. The zero-order chi connectivity index (χ0) is 9.90. The highest BCUT2D eigenvalue weighted by atomic mass is 35.7. The minimum Gasteiger partial charge on any atom is -0.377 e. The van der Waals surface area contributed by atoms with Crippen LogP contribution in [0.1, 0.15) is 19.8 Å². The Morgan fingerprint density at radius 3 is 2.69 bits per heavy atom. The molecule has 0 radical (unpaired) electrons. The van der Waals surface area contributed by atoms with E-state index in [0.29, 0.717) is 13.1 Å². The first-order valence-corrected chi connectivity index (χ1v) is 6.62. The van der Waals surface area contributed by atoms with E-state index in [-0.39, 0.29) is 6.10 Å². The molecule has 0 saturated carbocycles. The van der Waals surface area contributed by atoms with Gasteiger partial charge >= 0.3 is 0 Å². The third kappa shape index (κ3) is 3.42. The van der Waals surface area contributed by atoms with E-state index in [1.165, 1.54) is 4.31 Å². The van der Waals surface area contributed by atoms with Crippen LogP contribution in [0.15, 0.2) is 0 Å². The van der Waals surface area contributed by atoms with Crippen molar-refractivity contribution in [3.63, 3.8) is 0 Å². The van der Waals surface area contributed by atoms with Gasteiger partial charge in [0.15, 0.2) is 0 Å². The fourth-order valence-corrected chi connectivity index (χ4v) is 2.50. The highest BCUT2D eigenvalue weighted by Crippen LogP contribution is 2.16. The molecule has 0 bridgehead atoms. The summed E-state index contributed by atoms with van der Waals surface area (Å²) in [4.78, 5) is 0. The largest absolute Gasteiger partial charge is 0.377 e. The molecule has 0 aliphatic carbocycles. The summed E-state index contributed by atoms with van der Waals surface area (Å²) in [5, 5.41) is 0. The van der Waals surface area contributed by atoms with Gasteiger partial charge in [0.1, 0.15) is 0 Å². The third-order valence-corrected chi connectivity index (χ3v) is 3.70. The SMILES string of the molecule is CCN(CC1CCCO1)S(=O)(=O)Cl. The molecule has 0 aromatic carbocycles. The third-order valence-electron chi connectivity index (χ3n) is 2.09. The van der Waals surface area contributed by atoms with Gasteiger partial charge in [0.2, 0.25) is 0 Å². The number of hydrogen-bond acceptors (Lipinski definition) is 3. The minimum absolute atomic E-state index is 0.0217. The molecule has 1 aliphatic rings. The second-order valence-corrected chi connectivity index (χ2v) is 5.54. The topological polar surface area (TPSA) is 46.6 Å². The van der Waals surface area contributed by atoms with Gasteiger partial charge < -0.3 is 4.74 Å². The molecule has 1 atom stereocenters. The van der Waals surface area contributed by atoms with Crippen LogP contribution in [-0.4, -0.2) is 38.5 Å². The van der Waals surface area contributed by atoms with Crippen LogP contribution in [0.25, 0.3) is 0 Å². The average molecular weight is 228 g/mol. The standard InChI is InChI=1S/C7H14ClNO3S/c1-2-9(13(8,10)11)6-7-4-3-5-12-7/h7H,2-6H2,1H3. The molecule has 78 valence electrons. The van der Waals surface area contributed by atoms with Crippen molar-refractivity contribution in [1.82, 2.24) is 4.31 Å². The Morgan fingerprint density at radius 2 is 2.31 bits per heavy atom. The van der Waals surface area contributed by atoms with E-state index in [2.05, 4.69) is 0 Å². The molecule has 1 heterocycles. The van der Waals surface area contributed by atoms with Crippen LogP contribution in [0.2, 0.25) is 0 Å². The minimum atomic E-state index is -3.58. The molecular formula is C7H14ClNO3S. The first-order valence-electron chi connectivity index (χ1n) is 4.35. The van der Waals surface area contributed by atoms with Crippen molar-refractivity contribution in [3.8, 4) is 0 Å². The van der Waals surface area contributed by atoms with Gasteiger partial charge in [-0.25, -0.2) is 0 Å². The van der Waals surface area contributed by atoms with Gasteiger partial charge in [0.05, 0.1) is 6.10 Å². The van der Waals surface area contributed by atoms with E-state index in [4.69, 9.17) is 15.4 Å². The summed E-state index contributed by atoms with van der Waals surface area (Å²) >= 11 is 0. The summed E-state index contributed by atoms with van der Waals surface area (Å²) in [5.41, 5.74) is 0. The molecule has 6 heteroatoms. The first kappa shape index (κ1) is 11.2. The Labute approximate surface area is 83.4 Å². The summed E-state index contributed by atoms with van der Waals surface area (Å²) < 4.78 is 28.5. The molecule has 4 nitrogen and oxygen atoms in total. The van der Waals surface area contributed by atoms with Crippen LogP contribution in [0, 0.1) is 0 Å². The van der Waals surface area contributed by atoms with Gasteiger partial charge in [-0.3, -0.25) is 0 Å². The normalized spacial score (nSPS) is 24.1. The van der Waals surface area contributed by atoms with Crippen molar-refractivity contribution in [1.29, 1.82) is 0 Å². The van der Waals surface area contributed by atoms with Crippen LogP contribution in [0.4, 0.5) is 0 Å². The monoisotopic (exact) mass is 227 g/mol. The van der Waals surface area contributed by atoms with E-state index in [1.54, 1.807) is 6.92 Å². The Kier molecular flexibility index (Phi) is 3.97. The molecule has 1 saturated heterocycles. The molecule has 1 aliphatic heterocycles. The molecule has 13 heavy (non-hydrogen) atoms. The van der Waals surface area contributed by atoms with Crippen LogP contribution >= 0.6 is 10.7 Å². The van der Waals surface area contributed by atoms with E-state index >= 15 is 0 Å². The maximum Gasteiger partial charge on any atom is 0.299 e.